The fraction of sp³-hybridized carbons (Fsp3) is 0.538. The van der Waals surface area contributed by atoms with Gasteiger partial charge in [0.15, 0.2) is 0 Å². The maximum absolute atomic E-state index is 5.58. The summed E-state index contributed by atoms with van der Waals surface area (Å²) in [7, 11) is 0. The van der Waals surface area contributed by atoms with Crippen LogP contribution in [0.4, 0.5) is 0 Å². The number of nitrogens with one attached hydrogen (secondary N) is 1. The van der Waals surface area contributed by atoms with E-state index in [-0.39, 0.29) is 0 Å². The number of benzene rings is 1. The van der Waals surface area contributed by atoms with E-state index in [2.05, 4.69) is 12.4 Å². The maximum atomic E-state index is 5.58. The maximum Gasteiger partial charge on any atom is 0.119 e. The van der Waals surface area contributed by atoms with Gasteiger partial charge in [0.1, 0.15) is 5.75 Å². The quantitative estimate of drug-likeness (QED) is 0.543. The summed E-state index contributed by atoms with van der Waals surface area (Å²) in [5, 5.41) is 0. The fourth-order valence-electron chi connectivity index (χ4n) is 1.27. The lowest BCUT2D eigenvalue weighted by Gasteiger charge is -2.07. The Bertz CT molecular complexity index is 243. The summed E-state index contributed by atoms with van der Waals surface area (Å²) in [6, 6.07) is 8.10. The first-order valence-corrected chi connectivity index (χ1v) is 5.93. The van der Waals surface area contributed by atoms with Crippen LogP contribution in [-0.4, -0.2) is 13.2 Å². The van der Waals surface area contributed by atoms with Gasteiger partial charge in [-0.2, -0.15) is 5.48 Å². The molecule has 1 N–H and O–H groups in total. The van der Waals surface area contributed by atoms with Crippen molar-refractivity contribution in [2.75, 3.05) is 13.2 Å². The van der Waals surface area contributed by atoms with Gasteiger partial charge in [-0.25, -0.2) is 0 Å². The van der Waals surface area contributed by atoms with E-state index in [1.807, 2.05) is 31.2 Å². The van der Waals surface area contributed by atoms with Gasteiger partial charge in [-0.15, -0.1) is 0 Å². The molecular formula is C13H21NO2. The van der Waals surface area contributed by atoms with E-state index in [4.69, 9.17) is 9.57 Å². The highest BCUT2D eigenvalue weighted by atomic mass is 16.6. The Labute approximate surface area is 97.7 Å². The number of hydroxylamine groups is 1. The van der Waals surface area contributed by atoms with E-state index in [1.54, 1.807) is 0 Å². The number of ether oxygens (including phenoxy) is 1. The Hall–Kier alpha value is -1.06. The van der Waals surface area contributed by atoms with Crippen LogP contribution in [0.1, 0.15) is 32.3 Å². The van der Waals surface area contributed by atoms with Gasteiger partial charge < -0.3 is 9.57 Å². The van der Waals surface area contributed by atoms with Gasteiger partial charge in [-0.05, 0) is 31.0 Å². The molecule has 0 heterocycles. The standard InChI is InChI=1S/C13H21NO2/c1-3-5-10-15-13-8-6-12(7-9-13)11-14-16-4-2/h6-9,14H,3-5,10-11H2,1-2H3. The predicted molar refractivity (Wildman–Crippen MR) is 65.3 cm³/mol. The lowest BCUT2D eigenvalue weighted by atomic mass is 10.2. The van der Waals surface area contributed by atoms with Crippen LogP contribution in [-0.2, 0) is 11.4 Å². The van der Waals surface area contributed by atoms with Gasteiger partial charge in [-0.3, -0.25) is 0 Å². The van der Waals surface area contributed by atoms with Crippen LogP contribution in [0.15, 0.2) is 24.3 Å². The van der Waals surface area contributed by atoms with Crippen molar-refractivity contribution in [1.29, 1.82) is 0 Å². The van der Waals surface area contributed by atoms with E-state index in [0.717, 1.165) is 31.7 Å². The van der Waals surface area contributed by atoms with Crippen molar-refractivity contribution in [2.45, 2.75) is 33.2 Å². The average molecular weight is 223 g/mol. The van der Waals surface area contributed by atoms with E-state index >= 15 is 0 Å². The molecule has 0 atom stereocenters. The first kappa shape index (κ1) is 13.0. The van der Waals surface area contributed by atoms with Crippen molar-refractivity contribution in [2.24, 2.45) is 0 Å². The topological polar surface area (TPSA) is 30.5 Å². The molecule has 0 unspecified atom stereocenters. The molecule has 1 aromatic carbocycles. The molecule has 3 nitrogen and oxygen atoms in total. The van der Waals surface area contributed by atoms with Crippen LogP contribution in [0.5, 0.6) is 5.75 Å². The molecule has 0 fully saturated rings. The van der Waals surface area contributed by atoms with Gasteiger partial charge in [0.05, 0.1) is 13.2 Å². The van der Waals surface area contributed by atoms with Crippen molar-refractivity contribution in [3.05, 3.63) is 29.8 Å². The second-order valence-corrected chi connectivity index (χ2v) is 3.60. The molecule has 0 aromatic heterocycles. The number of unbranched alkanes of at least 4 members (excludes halogenated alkanes) is 1. The van der Waals surface area contributed by atoms with Crippen molar-refractivity contribution < 1.29 is 9.57 Å². The summed E-state index contributed by atoms with van der Waals surface area (Å²) >= 11 is 0. The summed E-state index contributed by atoms with van der Waals surface area (Å²) in [4.78, 5) is 5.07. The van der Waals surface area contributed by atoms with Gasteiger partial charge in [0.2, 0.25) is 0 Å². The van der Waals surface area contributed by atoms with Crippen LogP contribution >= 0.6 is 0 Å². The third-order valence-electron chi connectivity index (χ3n) is 2.21. The second-order valence-electron chi connectivity index (χ2n) is 3.60. The molecule has 1 rings (SSSR count). The molecule has 0 aliphatic carbocycles. The monoisotopic (exact) mass is 223 g/mol. The van der Waals surface area contributed by atoms with Gasteiger partial charge in [-0.1, -0.05) is 25.5 Å². The Morgan fingerprint density at radius 3 is 2.50 bits per heavy atom. The predicted octanol–water partition coefficient (Wildman–Crippen LogP) is 2.91. The molecule has 0 amide bonds. The zero-order chi connectivity index (χ0) is 11.6. The molecule has 0 spiro atoms. The minimum atomic E-state index is 0.679. The highest BCUT2D eigenvalue weighted by molar-refractivity contribution is 5.27. The lowest BCUT2D eigenvalue weighted by molar-refractivity contribution is 0.0463. The summed E-state index contributed by atoms with van der Waals surface area (Å²) in [5.74, 6) is 0.939. The molecule has 3 heteroatoms. The van der Waals surface area contributed by atoms with Gasteiger partial charge in [0, 0.05) is 6.54 Å². The lowest BCUT2D eigenvalue weighted by Crippen LogP contribution is -2.13. The zero-order valence-corrected chi connectivity index (χ0v) is 10.2. The Balaban J connectivity index is 2.30. The Morgan fingerprint density at radius 1 is 1.12 bits per heavy atom. The van der Waals surface area contributed by atoms with E-state index in [1.165, 1.54) is 5.56 Å². The van der Waals surface area contributed by atoms with Crippen LogP contribution in [0.3, 0.4) is 0 Å². The first-order valence-electron chi connectivity index (χ1n) is 5.93. The molecule has 1 aromatic rings. The highest BCUT2D eigenvalue weighted by Gasteiger charge is 1.95. The van der Waals surface area contributed by atoms with Crippen molar-refractivity contribution in [1.82, 2.24) is 5.48 Å². The van der Waals surface area contributed by atoms with Crippen molar-refractivity contribution in [3.8, 4) is 5.75 Å². The van der Waals surface area contributed by atoms with Crippen molar-refractivity contribution >= 4 is 0 Å². The average Bonchev–Trinajstić information content (AvgIpc) is 2.32. The molecule has 16 heavy (non-hydrogen) atoms. The zero-order valence-electron chi connectivity index (χ0n) is 10.2. The van der Waals surface area contributed by atoms with Gasteiger partial charge >= 0.3 is 0 Å². The normalized spacial score (nSPS) is 10.4. The van der Waals surface area contributed by atoms with E-state index in [0.29, 0.717) is 6.61 Å². The number of hydrogen-bond acceptors (Lipinski definition) is 3. The summed E-state index contributed by atoms with van der Waals surface area (Å²) in [6.45, 7) is 6.32. The minimum Gasteiger partial charge on any atom is -0.494 e. The van der Waals surface area contributed by atoms with Crippen LogP contribution in [0.2, 0.25) is 0 Å². The number of hydrogen-bond donors (Lipinski definition) is 1. The SMILES string of the molecule is CCCCOc1ccc(CNOCC)cc1. The number of rotatable bonds is 8. The molecule has 0 saturated carbocycles. The summed E-state index contributed by atoms with van der Waals surface area (Å²) in [6.07, 6.45) is 2.27. The van der Waals surface area contributed by atoms with E-state index < -0.39 is 0 Å². The third-order valence-corrected chi connectivity index (χ3v) is 2.21. The first-order chi connectivity index (χ1) is 7.86. The molecule has 0 bridgehead atoms. The molecular weight excluding hydrogens is 202 g/mol. The fourth-order valence-corrected chi connectivity index (χ4v) is 1.27. The smallest absolute Gasteiger partial charge is 0.119 e. The van der Waals surface area contributed by atoms with Gasteiger partial charge in [0.25, 0.3) is 0 Å². The Kier molecular flexibility index (Phi) is 6.61. The van der Waals surface area contributed by atoms with Crippen LogP contribution < -0.4 is 10.2 Å². The second kappa shape index (κ2) is 8.13. The largest absolute Gasteiger partial charge is 0.494 e. The summed E-state index contributed by atoms with van der Waals surface area (Å²) in [5.41, 5.74) is 4.07. The summed E-state index contributed by atoms with van der Waals surface area (Å²) < 4.78 is 5.58. The molecule has 90 valence electrons. The molecule has 0 saturated heterocycles. The Morgan fingerprint density at radius 2 is 1.88 bits per heavy atom. The third kappa shape index (κ3) is 5.14. The molecule has 0 aliphatic rings. The highest BCUT2D eigenvalue weighted by Crippen LogP contribution is 2.12. The molecule has 0 radical (unpaired) electrons. The van der Waals surface area contributed by atoms with E-state index in [9.17, 15) is 0 Å². The van der Waals surface area contributed by atoms with Crippen molar-refractivity contribution in [3.63, 3.8) is 0 Å². The van der Waals surface area contributed by atoms with Crippen LogP contribution in [0.25, 0.3) is 0 Å². The molecule has 0 aliphatic heterocycles. The van der Waals surface area contributed by atoms with Crippen LogP contribution in [0, 0.1) is 0 Å². The minimum absolute atomic E-state index is 0.679.